The largest absolute Gasteiger partial charge is 0.460 e. The van der Waals surface area contributed by atoms with Crippen molar-refractivity contribution in [2.24, 2.45) is 0 Å². The number of halogens is 2. The summed E-state index contributed by atoms with van der Waals surface area (Å²) in [7, 11) is 1.56. The standard InChI is InChI=1S/C14H12F2O3/c1-18-5-4-11-6-10(8-17)14(19-11)9-2-3-12(15)13(16)7-9/h2-3,6-8H,4-5H2,1H3. The van der Waals surface area contributed by atoms with Crippen molar-refractivity contribution < 1.29 is 22.7 Å². The number of methoxy groups -OCH3 is 1. The number of carbonyl (C=O) groups is 1. The van der Waals surface area contributed by atoms with E-state index in [-0.39, 0.29) is 5.76 Å². The van der Waals surface area contributed by atoms with Gasteiger partial charge in [-0.25, -0.2) is 8.78 Å². The second-order valence-corrected chi connectivity index (χ2v) is 3.99. The van der Waals surface area contributed by atoms with Gasteiger partial charge in [-0.1, -0.05) is 0 Å². The number of aldehydes is 1. The van der Waals surface area contributed by atoms with Crippen LogP contribution in [0.4, 0.5) is 8.78 Å². The highest BCUT2D eigenvalue weighted by Crippen LogP contribution is 2.27. The topological polar surface area (TPSA) is 39.4 Å². The van der Waals surface area contributed by atoms with Crippen LogP contribution < -0.4 is 0 Å². The molecule has 0 radical (unpaired) electrons. The molecule has 19 heavy (non-hydrogen) atoms. The Morgan fingerprint density at radius 2 is 2.05 bits per heavy atom. The molecular formula is C14H12F2O3. The van der Waals surface area contributed by atoms with E-state index in [4.69, 9.17) is 9.15 Å². The molecule has 2 aromatic rings. The summed E-state index contributed by atoms with van der Waals surface area (Å²) in [5, 5.41) is 0. The van der Waals surface area contributed by atoms with Gasteiger partial charge in [0.1, 0.15) is 11.5 Å². The van der Waals surface area contributed by atoms with E-state index < -0.39 is 11.6 Å². The van der Waals surface area contributed by atoms with Crippen LogP contribution in [0.1, 0.15) is 16.1 Å². The number of benzene rings is 1. The number of carbonyl (C=O) groups excluding carboxylic acids is 1. The molecule has 0 aliphatic carbocycles. The molecule has 0 saturated heterocycles. The lowest BCUT2D eigenvalue weighted by molar-refractivity contribution is 0.112. The smallest absolute Gasteiger partial charge is 0.159 e. The van der Waals surface area contributed by atoms with E-state index in [1.807, 2.05) is 0 Å². The fourth-order valence-electron chi connectivity index (χ4n) is 1.73. The normalized spacial score (nSPS) is 10.7. The van der Waals surface area contributed by atoms with Crippen molar-refractivity contribution >= 4 is 6.29 Å². The molecule has 0 aliphatic heterocycles. The van der Waals surface area contributed by atoms with E-state index >= 15 is 0 Å². The first-order valence-corrected chi connectivity index (χ1v) is 5.68. The van der Waals surface area contributed by atoms with E-state index in [1.54, 1.807) is 13.2 Å². The van der Waals surface area contributed by atoms with Crippen LogP contribution in [0.3, 0.4) is 0 Å². The van der Waals surface area contributed by atoms with Gasteiger partial charge >= 0.3 is 0 Å². The zero-order valence-corrected chi connectivity index (χ0v) is 10.3. The lowest BCUT2D eigenvalue weighted by Crippen LogP contribution is -1.91. The molecule has 5 heteroatoms. The minimum absolute atomic E-state index is 0.236. The van der Waals surface area contributed by atoms with Crippen LogP contribution >= 0.6 is 0 Å². The van der Waals surface area contributed by atoms with Crippen LogP contribution in [0.5, 0.6) is 0 Å². The Morgan fingerprint density at radius 3 is 2.68 bits per heavy atom. The Bertz CT molecular complexity index is 590. The molecule has 0 bridgehead atoms. The van der Waals surface area contributed by atoms with Crippen LogP contribution in [0, 0.1) is 11.6 Å². The second kappa shape index (κ2) is 5.75. The van der Waals surface area contributed by atoms with E-state index in [2.05, 4.69) is 0 Å². The summed E-state index contributed by atoms with van der Waals surface area (Å²) >= 11 is 0. The van der Waals surface area contributed by atoms with Crippen molar-refractivity contribution in [2.45, 2.75) is 6.42 Å². The summed E-state index contributed by atoms with van der Waals surface area (Å²) in [5.41, 5.74) is 0.627. The molecular weight excluding hydrogens is 254 g/mol. The quantitative estimate of drug-likeness (QED) is 0.780. The maximum atomic E-state index is 13.2. The summed E-state index contributed by atoms with van der Waals surface area (Å²) in [6.45, 7) is 0.447. The van der Waals surface area contributed by atoms with Gasteiger partial charge in [0.05, 0.1) is 12.2 Å². The number of rotatable bonds is 5. The molecule has 1 aromatic carbocycles. The summed E-state index contributed by atoms with van der Waals surface area (Å²) in [6.07, 6.45) is 1.12. The average molecular weight is 266 g/mol. The van der Waals surface area contributed by atoms with Crippen molar-refractivity contribution in [3.63, 3.8) is 0 Å². The predicted molar refractivity (Wildman–Crippen MR) is 65.0 cm³/mol. The molecule has 0 fully saturated rings. The first-order chi connectivity index (χ1) is 9.15. The van der Waals surface area contributed by atoms with Crippen LogP contribution in [-0.2, 0) is 11.2 Å². The Balaban J connectivity index is 2.39. The third-order valence-corrected chi connectivity index (χ3v) is 2.67. The average Bonchev–Trinajstić information content (AvgIpc) is 2.83. The number of hydrogen-bond acceptors (Lipinski definition) is 3. The van der Waals surface area contributed by atoms with Gasteiger partial charge in [-0.2, -0.15) is 0 Å². The van der Waals surface area contributed by atoms with Crippen LogP contribution in [-0.4, -0.2) is 20.0 Å². The van der Waals surface area contributed by atoms with Gasteiger partial charge < -0.3 is 9.15 Å². The van der Waals surface area contributed by atoms with E-state index in [9.17, 15) is 13.6 Å². The van der Waals surface area contributed by atoms with Gasteiger partial charge in [-0.15, -0.1) is 0 Å². The molecule has 1 aromatic heterocycles. The first kappa shape index (κ1) is 13.4. The lowest BCUT2D eigenvalue weighted by Gasteiger charge is -2.00. The highest BCUT2D eigenvalue weighted by atomic mass is 19.2. The van der Waals surface area contributed by atoms with Crippen LogP contribution in [0.2, 0.25) is 0 Å². The summed E-state index contributed by atoms with van der Waals surface area (Å²) < 4.78 is 36.5. The van der Waals surface area contributed by atoms with Gasteiger partial charge in [0.15, 0.2) is 17.9 Å². The summed E-state index contributed by atoms with van der Waals surface area (Å²) in [5.74, 6) is -1.13. The molecule has 0 unspecified atom stereocenters. The zero-order valence-electron chi connectivity index (χ0n) is 10.3. The SMILES string of the molecule is COCCc1cc(C=O)c(-c2ccc(F)c(F)c2)o1. The number of hydrogen-bond donors (Lipinski definition) is 0. The van der Waals surface area contributed by atoms with Gasteiger partial charge in [-0.05, 0) is 24.3 Å². The Kier molecular flexibility index (Phi) is 4.06. The Morgan fingerprint density at radius 1 is 1.26 bits per heavy atom. The predicted octanol–water partition coefficient (Wildman–Crippen LogP) is 3.23. The maximum Gasteiger partial charge on any atom is 0.159 e. The monoisotopic (exact) mass is 266 g/mol. The van der Waals surface area contributed by atoms with E-state index in [1.165, 1.54) is 6.07 Å². The highest BCUT2D eigenvalue weighted by molar-refractivity contribution is 5.85. The number of ether oxygens (including phenoxy) is 1. The summed E-state index contributed by atoms with van der Waals surface area (Å²) in [6, 6.07) is 4.94. The molecule has 0 saturated carbocycles. The maximum absolute atomic E-state index is 13.2. The van der Waals surface area contributed by atoms with Crippen molar-refractivity contribution in [3.8, 4) is 11.3 Å². The van der Waals surface area contributed by atoms with Crippen molar-refractivity contribution in [2.75, 3.05) is 13.7 Å². The van der Waals surface area contributed by atoms with Crippen LogP contribution in [0.15, 0.2) is 28.7 Å². The molecule has 0 amide bonds. The van der Waals surface area contributed by atoms with E-state index in [0.29, 0.717) is 36.2 Å². The fraction of sp³-hybridized carbons (Fsp3) is 0.214. The molecule has 3 nitrogen and oxygen atoms in total. The molecule has 0 atom stereocenters. The van der Waals surface area contributed by atoms with Crippen molar-refractivity contribution in [3.05, 3.63) is 47.2 Å². The molecule has 0 N–H and O–H groups in total. The zero-order chi connectivity index (χ0) is 13.8. The molecule has 100 valence electrons. The summed E-state index contributed by atoms with van der Waals surface area (Å²) in [4.78, 5) is 11.0. The van der Waals surface area contributed by atoms with Gasteiger partial charge in [0.2, 0.25) is 0 Å². The van der Waals surface area contributed by atoms with Crippen molar-refractivity contribution in [1.82, 2.24) is 0 Å². The van der Waals surface area contributed by atoms with E-state index in [0.717, 1.165) is 12.1 Å². The van der Waals surface area contributed by atoms with Gasteiger partial charge in [0, 0.05) is 19.1 Å². The molecule has 0 aliphatic rings. The Labute approximate surface area is 108 Å². The minimum Gasteiger partial charge on any atom is -0.460 e. The van der Waals surface area contributed by atoms with Crippen molar-refractivity contribution in [1.29, 1.82) is 0 Å². The molecule has 1 heterocycles. The Hall–Kier alpha value is -2.01. The first-order valence-electron chi connectivity index (χ1n) is 5.68. The van der Waals surface area contributed by atoms with Gasteiger partial charge in [-0.3, -0.25) is 4.79 Å². The second-order valence-electron chi connectivity index (χ2n) is 3.99. The molecule has 2 rings (SSSR count). The third-order valence-electron chi connectivity index (χ3n) is 2.67. The van der Waals surface area contributed by atoms with Crippen LogP contribution in [0.25, 0.3) is 11.3 Å². The third kappa shape index (κ3) is 2.88. The minimum atomic E-state index is -0.982. The lowest BCUT2D eigenvalue weighted by atomic mass is 10.1. The highest BCUT2D eigenvalue weighted by Gasteiger charge is 2.14. The molecule has 0 spiro atoms. The van der Waals surface area contributed by atoms with Gasteiger partial charge in [0.25, 0.3) is 0 Å². The number of furan rings is 1. The fourth-order valence-corrected chi connectivity index (χ4v) is 1.73.